The lowest BCUT2D eigenvalue weighted by Crippen LogP contribution is -2.51. The van der Waals surface area contributed by atoms with Crippen LogP contribution in [0.25, 0.3) is 12.2 Å². The number of carbonyl (C=O) groups excluding carboxylic acids is 2. The zero-order valence-corrected chi connectivity index (χ0v) is 20.4. The Bertz CT molecular complexity index is 1240. The number of benzene rings is 1. The fourth-order valence-corrected chi connectivity index (χ4v) is 6.15. The molecule has 2 aliphatic heterocycles. The molecule has 0 spiro atoms. The minimum atomic E-state index is -0.568. The van der Waals surface area contributed by atoms with E-state index in [9.17, 15) is 19.5 Å². The predicted octanol–water partition coefficient (Wildman–Crippen LogP) is 2.84. The van der Waals surface area contributed by atoms with E-state index >= 15 is 0 Å². The van der Waals surface area contributed by atoms with Crippen molar-refractivity contribution < 1.29 is 14.7 Å². The van der Waals surface area contributed by atoms with Crippen LogP contribution in [0, 0.1) is 23.7 Å². The van der Waals surface area contributed by atoms with Crippen LogP contribution in [0.1, 0.15) is 55.0 Å². The van der Waals surface area contributed by atoms with Gasteiger partial charge in [0.2, 0.25) is 11.8 Å². The summed E-state index contributed by atoms with van der Waals surface area (Å²) in [6.45, 7) is 0.742. The average Bonchev–Trinajstić information content (AvgIpc) is 3.65. The smallest absolute Gasteiger partial charge is 0.258 e. The molecule has 3 heterocycles. The summed E-state index contributed by atoms with van der Waals surface area (Å²) < 4.78 is 1.74. The molecular weight excluding hydrogens is 454 g/mol. The van der Waals surface area contributed by atoms with Crippen molar-refractivity contribution in [1.29, 1.82) is 0 Å². The standard InChI is InChI=1S/C29H33N3O4/c33-17-22-24-16-31-23(14-13-21(28(31)35)12-11-18-5-2-1-3-6-18)26(32(24)29(36)20-7-4-8-20)25(22)27(34)30-15-19-9-10-19/h1-3,5-6,11-14,19-20,22,24-26,33H,4,7-10,15-17H2,(H,30,34)/b12-11+/t22-,24-,25+,26+/m0/s1. The molecule has 4 aliphatic rings. The van der Waals surface area contributed by atoms with Gasteiger partial charge in [0.25, 0.3) is 5.56 Å². The van der Waals surface area contributed by atoms with Crippen molar-refractivity contribution in [2.45, 2.75) is 50.7 Å². The first-order chi connectivity index (χ1) is 17.6. The van der Waals surface area contributed by atoms with Crippen molar-refractivity contribution in [2.75, 3.05) is 13.2 Å². The molecule has 188 valence electrons. The molecule has 2 amide bonds. The Labute approximate surface area is 210 Å². The Morgan fingerprint density at radius 2 is 1.81 bits per heavy atom. The second-order valence-corrected chi connectivity index (χ2v) is 10.8. The number of pyridine rings is 1. The van der Waals surface area contributed by atoms with Crippen LogP contribution in [0.3, 0.4) is 0 Å². The summed E-state index contributed by atoms with van der Waals surface area (Å²) in [6.07, 6.45) is 8.77. The Hall–Kier alpha value is -3.19. The number of carbonyl (C=O) groups is 2. The molecular formula is C29H33N3O4. The Balaban J connectivity index is 1.38. The van der Waals surface area contributed by atoms with E-state index in [0.29, 0.717) is 30.3 Å². The Kier molecular flexibility index (Phi) is 6.04. The summed E-state index contributed by atoms with van der Waals surface area (Å²) in [4.78, 5) is 42.5. The maximum absolute atomic E-state index is 13.6. The summed E-state index contributed by atoms with van der Waals surface area (Å²) in [5.41, 5.74) is 2.14. The SMILES string of the molecule is O=C(NCC1CC1)[C@@H]1[C@@H](CO)[C@@H]2Cn3c(ccc(/C=C/c4ccccc4)c3=O)[C@H]1N2C(=O)C1CCC1. The molecule has 1 saturated heterocycles. The monoisotopic (exact) mass is 487 g/mol. The highest BCUT2D eigenvalue weighted by atomic mass is 16.3. The number of nitrogens with one attached hydrogen (secondary N) is 1. The van der Waals surface area contributed by atoms with Gasteiger partial charge in [0.05, 0.1) is 18.0 Å². The Morgan fingerprint density at radius 1 is 1.03 bits per heavy atom. The van der Waals surface area contributed by atoms with Crippen molar-refractivity contribution in [1.82, 2.24) is 14.8 Å². The number of hydrogen-bond acceptors (Lipinski definition) is 4. The van der Waals surface area contributed by atoms with Crippen LogP contribution in [0.4, 0.5) is 0 Å². The molecule has 6 rings (SSSR count). The van der Waals surface area contributed by atoms with Crippen LogP contribution < -0.4 is 10.9 Å². The molecule has 4 atom stereocenters. The number of aliphatic hydroxyl groups is 1. The van der Waals surface area contributed by atoms with E-state index in [1.165, 1.54) is 0 Å². The third-order valence-electron chi connectivity index (χ3n) is 8.60. The first kappa shape index (κ1) is 23.2. The van der Waals surface area contributed by atoms with Gasteiger partial charge in [0.15, 0.2) is 0 Å². The van der Waals surface area contributed by atoms with E-state index < -0.39 is 17.9 Å². The molecule has 2 N–H and O–H groups in total. The number of amides is 2. The van der Waals surface area contributed by atoms with Crippen LogP contribution in [0.15, 0.2) is 47.3 Å². The summed E-state index contributed by atoms with van der Waals surface area (Å²) in [6, 6.07) is 12.6. The molecule has 2 bridgehead atoms. The summed E-state index contributed by atoms with van der Waals surface area (Å²) in [5.74, 6) is -0.506. The molecule has 7 nitrogen and oxygen atoms in total. The lowest BCUT2D eigenvalue weighted by molar-refractivity contribution is -0.143. The van der Waals surface area contributed by atoms with E-state index in [-0.39, 0.29) is 35.9 Å². The molecule has 2 aliphatic carbocycles. The van der Waals surface area contributed by atoms with E-state index in [0.717, 1.165) is 37.7 Å². The number of fused-ring (bicyclic) bond motifs is 4. The van der Waals surface area contributed by atoms with Crippen LogP contribution in [0.5, 0.6) is 0 Å². The van der Waals surface area contributed by atoms with Gasteiger partial charge in [-0.2, -0.15) is 0 Å². The fourth-order valence-electron chi connectivity index (χ4n) is 6.15. The van der Waals surface area contributed by atoms with Gasteiger partial charge in [0.1, 0.15) is 0 Å². The van der Waals surface area contributed by atoms with E-state index in [4.69, 9.17) is 0 Å². The molecule has 36 heavy (non-hydrogen) atoms. The third kappa shape index (κ3) is 3.99. The first-order valence-corrected chi connectivity index (χ1v) is 13.2. The summed E-state index contributed by atoms with van der Waals surface area (Å²) >= 11 is 0. The van der Waals surface area contributed by atoms with Crippen molar-refractivity contribution in [3.05, 3.63) is 69.6 Å². The number of aliphatic hydroxyl groups excluding tert-OH is 1. The molecule has 0 unspecified atom stereocenters. The highest BCUT2D eigenvalue weighted by Crippen LogP contribution is 2.50. The summed E-state index contributed by atoms with van der Waals surface area (Å²) in [5, 5.41) is 13.5. The van der Waals surface area contributed by atoms with E-state index in [1.54, 1.807) is 10.6 Å². The number of rotatable bonds is 7. The first-order valence-electron chi connectivity index (χ1n) is 13.2. The minimum absolute atomic E-state index is 0.0195. The van der Waals surface area contributed by atoms with Crippen molar-refractivity contribution in [3.63, 3.8) is 0 Å². The van der Waals surface area contributed by atoms with Crippen molar-refractivity contribution in [3.8, 4) is 0 Å². The van der Waals surface area contributed by atoms with Gasteiger partial charge < -0.3 is 19.9 Å². The highest BCUT2D eigenvalue weighted by molar-refractivity contribution is 5.86. The molecule has 1 aromatic carbocycles. The second kappa shape index (κ2) is 9.36. The van der Waals surface area contributed by atoms with Gasteiger partial charge in [-0.1, -0.05) is 42.8 Å². The van der Waals surface area contributed by atoms with Crippen molar-refractivity contribution in [2.24, 2.45) is 23.7 Å². The molecule has 7 heteroatoms. The summed E-state index contributed by atoms with van der Waals surface area (Å²) in [7, 11) is 0. The minimum Gasteiger partial charge on any atom is -0.396 e. The second-order valence-electron chi connectivity index (χ2n) is 10.8. The zero-order valence-electron chi connectivity index (χ0n) is 20.4. The maximum Gasteiger partial charge on any atom is 0.258 e. The van der Waals surface area contributed by atoms with Gasteiger partial charge in [-0.25, -0.2) is 0 Å². The quantitative estimate of drug-likeness (QED) is 0.628. The fraction of sp³-hybridized carbons (Fsp3) is 0.483. The largest absolute Gasteiger partial charge is 0.396 e. The molecule has 1 aromatic heterocycles. The zero-order chi connectivity index (χ0) is 24.8. The number of hydrogen-bond donors (Lipinski definition) is 2. The molecule has 2 saturated carbocycles. The Morgan fingerprint density at radius 3 is 2.47 bits per heavy atom. The van der Waals surface area contributed by atoms with Crippen LogP contribution in [-0.2, 0) is 16.1 Å². The average molecular weight is 488 g/mol. The molecule has 0 radical (unpaired) electrons. The van der Waals surface area contributed by atoms with Gasteiger partial charge in [0, 0.05) is 42.8 Å². The highest BCUT2D eigenvalue weighted by Gasteiger charge is 2.58. The van der Waals surface area contributed by atoms with Gasteiger partial charge in [-0.15, -0.1) is 0 Å². The topological polar surface area (TPSA) is 91.6 Å². The van der Waals surface area contributed by atoms with Crippen LogP contribution >= 0.6 is 0 Å². The van der Waals surface area contributed by atoms with Crippen LogP contribution in [0.2, 0.25) is 0 Å². The lowest BCUT2D eigenvalue weighted by atomic mass is 9.83. The third-order valence-corrected chi connectivity index (χ3v) is 8.60. The number of aromatic nitrogens is 1. The van der Waals surface area contributed by atoms with E-state index in [1.807, 2.05) is 53.5 Å². The molecule has 2 aromatic rings. The van der Waals surface area contributed by atoms with E-state index in [2.05, 4.69) is 5.32 Å². The van der Waals surface area contributed by atoms with Gasteiger partial charge in [-0.05, 0) is 55.4 Å². The molecule has 3 fully saturated rings. The van der Waals surface area contributed by atoms with Gasteiger partial charge >= 0.3 is 0 Å². The number of nitrogens with zero attached hydrogens (tertiary/aromatic N) is 2. The predicted molar refractivity (Wildman–Crippen MR) is 137 cm³/mol. The normalized spacial score (nSPS) is 27.1. The lowest BCUT2D eigenvalue weighted by Gasteiger charge is -2.41. The van der Waals surface area contributed by atoms with Crippen molar-refractivity contribution >= 4 is 24.0 Å². The van der Waals surface area contributed by atoms with Crippen LogP contribution in [-0.4, -0.2) is 45.6 Å². The van der Waals surface area contributed by atoms with Gasteiger partial charge in [-0.3, -0.25) is 14.4 Å². The maximum atomic E-state index is 13.6.